The average molecular weight is 420 g/mol. The molecule has 0 heterocycles. The minimum absolute atomic E-state index is 0.0846. The number of hydrogen-bond donors (Lipinski definition) is 0. The van der Waals surface area contributed by atoms with E-state index >= 15 is 0 Å². The van der Waals surface area contributed by atoms with E-state index < -0.39 is 15.0 Å². The molecule has 1 atom stereocenters. The molecule has 0 aliphatic heterocycles. The lowest BCUT2D eigenvalue weighted by molar-refractivity contribution is -0.384. The third kappa shape index (κ3) is 6.02. The summed E-state index contributed by atoms with van der Waals surface area (Å²) in [6.45, 7) is 5.60. The Morgan fingerprint density at radius 1 is 1.17 bits per heavy atom. The van der Waals surface area contributed by atoms with Crippen LogP contribution in [0.25, 0.3) is 0 Å². The van der Waals surface area contributed by atoms with Gasteiger partial charge in [0, 0.05) is 30.3 Å². The van der Waals surface area contributed by atoms with Crippen LogP contribution in [0.5, 0.6) is 5.75 Å². The van der Waals surface area contributed by atoms with Crippen molar-refractivity contribution < 1.29 is 22.3 Å². The summed E-state index contributed by atoms with van der Waals surface area (Å²) < 4.78 is 28.4. The number of nitro benzene ring substituents is 1. The highest BCUT2D eigenvalue weighted by molar-refractivity contribution is 7.87. The lowest BCUT2D eigenvalue weighted by atomic mass is 10.1. The van der Waals surface area contributed by atoms with Crippen molar-refractivity contribution in [1.29, 1.82) is 0 Å². The number of non-ortho nitro benzene ring substituents is 1. The third-order valence-electron chi connectivity index (χ3n) is 4.54. The van der Waals surface area contributed by atoms with Gasteiger partial charge in [-0.15, -0.1) is 0 Å². The van der Waals surface area contributed by atoms with Crippen LogP contribution in [0.4, 0.5) is 5.69 Å². The molecule has 2 aromatic carbocycles. The summed E-state index contributed by atoms with van der Waals surface area (Å²) >= 11 is 0. The summed E-state index contributed by atoms with van der Waals surface area (Å²) in [5.74, 6) is -0.215. The van der Waals surface area contributed by atoms with Crippen molar-refractivity contribution >= 4 is 21.7 Å². The van der Waals surface area contributed by atoms with Gasteiger partial charge in [-0.1, -0.05) is 19.1 Å². The zero-order valence-corrected chi connectivity index (χ0v) is 17.4. The number of carbonyl (C=O) groups excluding carboxylic acids is 1. The first-order valence-electron chi connectivity index (χ1n) is 9.23. The normalized spacial score (nSPS) is 12.2. The van der Waals surface area contributed by atoms with E-state index in [1.807, 2.05) is 13.8 Å². The van der Waals surface area contributed by atoms with E-state index in [-0.39, 0.29) is 35.7 Å². The van der Waals surface area contributed by atoms with Crippen LogP contribution in [0.15, 0.2) is 48.5 Å². The Kier molecular flexibility index (Phi) is 7.33. The first kappa shape index (κ1) is 22.4. The van der Waals surface area contributed by atoms with Crippen LogP contribution in [0, 0.1) is 10.1 Å². The zero-order valence-electron chi connectivity index (χ0n) is 16.6. The van der Waals surface area contributed by atoms with E-state index in [0.29, 0.717) is 17.5 Å². The number of nitro groups is 1. The number of carbonyl (C=O) groups is 1. The molecule has 29 heavy (non-hydrogen) atoms. The van der Waals surface area contributed by atoms with Crippen LogP contribution in [-0.2, 0) is 16.7 Å². The Morgan fingerprint density at radius 3 is 2.38 bits per heavy atom. The van der Waals surface area contributed by atoms with Crippen LogP contribution >= 0.6 is 0 Å². The molecule has 8 nitrogen and oxygen atoms in total. The number of rotatable bonds is 9. The standard InChI is InChI=1S/C20H24N2O6S/c1-4-15(3)21(20(23)17-9-11-18(12-10-17)22(24)25)14-16-7-6-8-19(13-16)28-29(26,27)5-2/h6-13,15H,4-5,14H2,1-3H3. The van der Waals surface area contributed by atoms with Crippen molar-refractivity contribution in [2.75, 3.05) is 5.75 Å². The predicted molar refractivity (Wildman–Crippen MR) is 109 cm³/mol. The van der Waals surface area contributed by atoms with Crippen molar-refractivity contribution in [3.63, 3.8) is 0 Å². The molecule has 2 aromatic rings. The quantitative estimate of drug-likeness (QED) is 0.347. The second-order valence-corrected chi connectivity index (χ2v) is 8.43. The number of nitrogens with zero attached hydrogens (tertiary/aromatic N) is 2. The van der Waals surface area contributed by atoms with Crippen molar-refractivity contribution in [3.8, 4) is 5.75 Å². The molecule has 1 unspecified atom stereocenters. The lowest BCUT2D eigenvalue weighted by Gasteiger charge is -2.29. The van der Waals surface area contributed by atoms with Crippen LogP contribution in [-0.4, -0.2) is 35.9 Å². The minimum Gasteiger partial charge on any atom is -0.382 e. The monoisotopic (exact) mass is 420 g/mol. The van der Waals surface area contributed by atoms with Crippen molar-refractivity contribution in [2.45, 2.75) is 39.8 Å². The van der Waals surface area contributed by atoms with Gasteiger partial charge in [0.15, 0.2) is 0 Å². The number of hydrogen-bond acceptors (Lipinski definition) is 6. The van der Waals surface area contributed by atoms with Crippen molar-refractivity contribution in [1.82, 2.24) is 4.90 Å². The van der Waals surface area contributed by atoms with Gasteiger partial charge in [0.1, 0.15) is 5.75 Å². The molecule has 2 rings (SSSR count). The van der Waals surface area contributed by atoms with Gasteiger partial charge in [-0.25, -0.2) is 0 Å². The van der Waals surface area contributed by atoms with E-state index in [1.54, 1.807) is 29.2 Å². The summed E-state index contributed by atoms with van der Waals surface area (Å²) in [4.78, 5) is 25.0. The molecule has 0 N–H and O–H groups in total. The molecule has 0 saturated heterocycles. The van der Waals surface area contributed by atoms with Gasteiger partial charge in [-0.05, 0) is 50.1 Å². The topological polar surface area (TPSA) is 107 Å². The maximum absolute atomic E-state index is 13.0. The maximum atomic E-state index is 13.0. The Hall–Kier alpha value is -2.94. The smallest absolute Gasteiger partial charge is 0.308 e. The van der Waals surface area contributed by atoms with Gasteiger partial charge in [0.2, 0.25) is 0 Å². The Balaban J connectivity index is 2.27. The highest BCUT2D eigenvalue weighted by Crippen LogP contribution is 2.21. The zero-order chi connectivity index (χ0) is 21.6. The fourth-order valence-corrected chi connectivity index (χ4v) is 3.15. The molecule has 0 bridgehead atoms. The van der Waals surface area contributed by atoms with E-state index in [1.165, 1.54) is 31.2 Å². The lowest BCUT2D eigenvalue weighted by Crippen LogP contribution is -2.37. The van der Waals surface area contributed by atoms with Crippen LogP contribution in [0.1, 0.15) is 43.1 Å². The van der Waals surface area contributed by atoms with Crippen LogP contribution < -0.4 is 4.18 Å². The van der Waals surface area contributed by atoms with Gasteiger partial charge >= 0.3 is 10.1 Å². The molecule has 0 aliphatic rings. The third-order valence-corrected chi connectivity index (χ3v) is 5.69. The summed E-state index contributed by atoms with van der Waals surface area (Å²) in [6.07, 6.45) is 0.707. The Morgan fingerprint density at radius 2 is 1.83 bits per heavy atom. The van der Waals surface area contributed by atoms with Crippen LogP contribution in [0.2, 0.25) is 0 Å². The SMILES string of the molecule is CCC(C)N(Cc1cccc(OS(=O)(=O)CC)c1)C(=O)c1ccc([N+](=O)[O-])cc1. The van der Waals surface area contributed by atoms with Crippen molar-refractivity contribution in [3.05, 3.63) is 69.8 Å². The molecule has 1 amide bonds. The molecule has 0 radical (unpaired) electrons. The predicted octanol–water partition coefficient (Wildman–Crippen LogP) is 3.76. The van der Waals surface area contributed by atoms with E-state index in [2.05, 4.69) is 0 Å². The van der Waals surface area contributed by atoms with E-state index in [0.717, 1.165) is 0 Å². The Bertz CT molecular complexity index is 973. The average Bonchev–Trinajstić information content (AvgIpc) is 2.71. The highest BCUT2D eigenvalue weighted by Gasteiger charge is 2.22. The molecule has 0 spiro atoms. The van der Waals surface area contributed by atoms with Gasteiger partial charge in [-0.2, -0.15) is 8.42 Å². The molecule has 156 valence electrons. The fraction of sp³-hybridized carbons (Fsp3) is 0.350. The molecular weight excluding hydrogens is 396 g/mol. The second kappa shape index (κ2) is 9.51. The van der Waals surface area contributed by atoms with Crippen molar-refractivity contribution in [2.24, 2.45) is 0 Å². The maximum Gasteiger partial charge on any atom is 0.308 e. The number of amides is 1. The Labute approximate surface area is 170 Å². The summed E-state index contributed by atoms with van der Waals surface area (Å²) in [7, 11) is -3.64. The van der Waals surface area contributed by atoms with E-state index in [9.17, 15) is 23.3 Å². The first-order valence-corrected chi connectivity index (χ1v) is 10.8. The fourth-order valence-electron chi connectivity index (χ4n) is 2.64. The highest BCUT2D eigenvalue weighted by atomic mass is 32.2. The second-order valence-electron chi connectivity index (χ2n) is 6.57. The van der Waals surface area contributed by atoms with Gasteiger partial charge < -0.3 is 9.08 Å². The summed E-state index contributed by atoms with van der Waals surface area (Å²) in [6, 6.07) is 11.9. The largest absolute Gasteiger partial charge is 0.382 e. The molecule has 0 aliphatic carbocycles. The summed E-state index contributed by atoms with van der Waals surface area (Å²) in [5.41, 5.74) is 0.972. The van der Waals surface area contributed by atoms with Gasteiger partial charge in [0.05, 0.1) is 10.7 Å². The van der Waals surface area contributed by atoms with Crippen LogP contribution in [0.3, 0.4) is 0 Å². The minimum atomic E-state index is -3.64. The molecule has 0 saturated carbocycles. The molecular formula is C20H24N2O6S. The molecule has 9 heteroatoms. The van der Waals surface area contributed by atoms with E-state index in [4.69, 9.17) is 4.18 Å². The molecule has 0 fully saturated rings. The molecule has 0 aromatic heterocycles. The van der Waals surface area contributed by atoms with Gasteiger partial charge in [-0.3, -0.25) is 14.9 Å². The summed E-state index contributed by atoms with van der Waals surface area (Å²) in [5, 5.41) is 10.8. The first-order chi connectivity index (χ1) is 13.7. The number of benzene rings is 2. The van der Waals surface area contributed by atoms with Gasteiger partial charge in [0.25, 0.3) is 11.6 Å².